The van der Waals surface area contributed by atoms with Gasteiger partial charge in [-0.2, -0.15) is 0 Å². The van der Waals surface area contributed by atoms with Crippen molar-refractivity contribution in [3.8, 4) is 11.5 Å². The third-order valence-electron chi connectivity index (χ3n) is 4.36. The van der Waals surface area contributed by atoms with Crippen LogP contribution in [0, 0.1) is 0 Å². The first kappa shape index (κ1) is 16.3. The first-order valence-electron chi connectivity index (χ1n) is 7.78. The van der Waals surface area contributed by atoms with E-state index >= 15 is 0 Å². The van der Waals surface area contributed by atoms with Gasteiger partial charge in [0.15, 0.2) is 11.5 Å². The van der Waals surface area contributed by atoms with E-state index in [0.717, 1.165) is 16.7 Å². The summed E-state index contributed by atoms with van der Waals surface area (Å²) < 4.78 is 15.8. The summed E-state index contributed by atoms with van der Waals surface area (Å²) in [6, 6.07) is 13.2. The minimum absolute atomic E-state index is 0.257. The molecule has 5 heteroatoms. The van der Waals surface area contributed by atoms with Crippen LogP contribution >= 0.6 is 0 Å². The summed E-state index contributed by atoms with van der Waals surface area (Å²) in [6.45, 7) is 1.31. The number of fused-ring (bicyclic) bond motifs is 1. The average molecular weight is 327 g/mol. The van der Waals surface area contributed by atoms with Crippen LogP contribution in [-0.2, 0) is 22.6 Å². The number of ether oxygens (including phenoxy) is 3. The molecule has 3 rings (SSSR count). The van der Waals surface area contributed by atoms with Gasteiger partial charge in [-0.3, -0.25) is 4.90 Å². The van der Waals surface area contributed by atoms with Crippen LogP contribution in [0.2, 0.25) is 0 Å². The SMILES string of the molecule is COC(=O)[C@H](c1ccccc1)N1Cc2cc(OC)c(OC)cc2C1. The zero-order chi connectivity index (χ0) is 17.1. The fourth-order valence-electron chi connectivity index (χ4n) is 3.18. The molecule has 0 N–H and O–H groups in total. The third-order valence-corrected chi connectivity index (χ3v) is 4.36. The second-order valence-electron chi connectivity index (χ2n) is 5.72. The summed E-state index contributed by atoms with van der Waals surface area (Å²) >= 11 is 0. The van der Waals surface area contributed by atoms with Crippen molar-refractivity contribution in [1.29, 1.82) is 0 Å². The summed E-state index contributed by atoms with van der Waals surface area (Å²) in [5.41, 5.74) is 3.20. The molecule has 0 aliphatic carbocycles. The number of benzene rings is 2. The summed E-state index contributed by atoms with van der Waals surface area (Å²) in [7, 11) is 4.67. The Bertz CT molecular complexity index is 697. The molecular weight excluding hydrogens is 306 g/mol. The molecule has 0 bridgehead atoms. The molecule has 0 aromatic heterocycles. The minimum atomic E-state index is -0.430. The number of hydrogen-bond donors (Lipinski definition) is 0. The molecule has 0 unspecified atom stereocenters. The van der Waals surface area contributed by atoms with Gasteiger partial charge in [0, 0.05) is 13.1 Å². The maximum Gasteiger partial charge on any atom is 0.327 e. The smallest absolute Gasteiger partial charge is 0.327 e. The second-order valence-corrected chi connectivity index (χ2v) is 5.72. The molecule has 126 valence electrons. The molecule has 1 aliphatic rings. The van der Waals surface area contributed by atoms with Crippen molar-refractivity contribution in [3.63, 3.8) is 0 Å². The molecule has 0 saturated carbocycles. The number of rotatable bonds is 5. The summed E-state index contributed by atoms with van der Waals surface area (Å²) in [4.78, 5) is 14.5. The van der Waals surface area contributed by atoms with Crippen LogP contribution in [0.3, 0.4) is 0 Å². The van der Waals surface area contributed by atoms with Gasteiger partial charge >= 0.3 is 5.97 Å². The second kappa shape index (κ2) is 6.93. The van der Waals surface area contributed by atoms with Gasteiger partial charge in [-0.25, -0.2) is 4.79 Å². The average Bonchev–Trinajstić information content (AvgIpc) is 3.03. The molecule has 1 heterocycles. The van der Waals surface area contributed by atoms with Crippen LogP contribution in [0.5, 0.6) is 11.5 Å². The lowest BCUT2D eigenvalue weighted by molar-refractivity contribution is -0.147. The highest BCUT2D eigenvalue weighted by atomic mass is 16.5. The highest BCUT2D eigenvalue weighted by Gasteiger charge is 2.33. The zero-order valence-electron chi connectivity index (χ0n) is 14.1. The predicted octanol–water partition coefficient (Wildman–Crippen LogP) is 2.93. The van der Waals surface area contributed by atoms with E-state index in [2.05, 4.69) is 4.90 Å². The summed E-state index contributed by atoms with van der Waals surface area (Å²) in [5, 5.41) is 0. The Morgan fingerprint density at radius 3 is 1.96 bits per heavy atom. The third kappa shape index (κ3) is 2.95. The van der Waals surface area contributed by atoms with Crippen molar-refractivity contribution in [3.05, 3.63) is 59.2 Å². The van der Waals surface area contributed by atoms with Crippen molar-refractivity contribution < 1.29 is 19.0 Å². The Kier molecular flexibility index (Phi) is 4.71. The van der Waals surface area contributed by atoms with E-state index in [1.54, 1.807) is 14.2 Å². The Morgan fingerprint density at radius 1 is 0.958 bits per heavy atom. The summed E-state index contributed by atoms with van der Waals surface area (Å²) in [6.07, 6.45) is 0. The predicted molar refractivity (Wildman–Crippen MR) is 90.0 cm³/mol. The highest BCUT2D eigenvalue weighted by Crippen LogP contribution is 2.38. The molecular formula is C19H21NO4. The van der Waals surface area contributed by atoms with Gasteiger partial charge in [0.05, 0.1) is 21.3 Å². The van der Waals surface area contributed by atoms with Crippen LogP contribution in [0.1, 0.15) is 22.7 Å². The Hall–Kier alpha value is -2.53. The van der Waals surface area contributed by atoms with Gasteiger partial charge in [0.25, 0.3) is 0 Å². The molecule has 0 saturated heterocycles. The number of carbonyl (C=O) groups excluding carboxylic acids is 1. The van der Waals surface area contributed by atoms with E-state index in [4.69, 9.17) is 14.2 Å². The monoisotopic (exact) mass is 327 g/mol. The van der Waals surface area contributed by atoms with Gasteiger partial charge in [-0.15, -0.1) is 0 Å². The van der Waals surface area contributed by atoms with Crippen molar-refractivity contribution in [2.45, 2.75) is 19.1 Å². The van der Waals surface area contributed by atoms with Crippen LogP contribution in [0.4, 0.5) is 0 Å². The van der Waals surface area contributed by atoms with Crippen LogP contribution in [0.25, 0.3) is 0 Å². The molecule has 1 aliphatic heterocycles. The normalized spacial score (nSPS) is 14.8. The molecule has 24 heavy (non-hydrogen) atoms. The number of hydrogen-bond acceptors (Lipinski definition) is 5. The van der Waals surface area contributed by atoms with Gasteiger partial charge in [0.1, 0.15) is 6.04 Å². The zero-order valence-corrected chi connectivity index (χ0v) is 14.1. The number of carbonyl (C=O) groups is 1. The fraction of sp³-hybridized carbons (Fsp3) is 0.316. The van der Waals surface area contributed by atoms with Gasteiger partial charge in [0.2, 0.25) is 0 Å². The topological polar surface area (TPSA) is 48.0 Å². The quantitative estimate of drug-likeness (QED) is 0.790. The number of nitrogens with zero attached hydrogens (tertiary/aromatic N) is 1. The molecule has 0 fully saturated rings. The summed E-state index contributed by atoms with van der Waals surface area (Å²) in [5.74, 6) is 1.15. The highest BCUT2D eigenvalue weighted by molar-refractivity contribution is 5.77. The van der Waals surface area contributed by atoms with Crippen LogP contribution < -0.4 is 9.47 Å². The van der Waals surface area contributed by atoms with E-state index in [9.17, 15) is 4.79 Å². The maximum absolute atomic E-state index is 12.4. The van der Waals surface area contributed by atoms with Crippen molar-refractivity contribution in [1.82, 2.24) is 4.90 Å². The van der Waals surface area contributed by atoms with E-state index in [1.807, 2.05) is 42.5 Å². The molecule has 5 nitrogen and oxygen atoms in total. The minimum Gasteiger partial charge on any atom is -0.493 e. The molecule has 1 atom stereocenters. The van der Waals surface area contributed by atoms with Crippen molar-refractivity contribution in [2.24, 2.45) is 0 Å². The van der Waals surface area contributed by atoms with E-state index in [-0.39, 0.29) is 5.97 Å². The standard InChI is InChI=1S/C19H21NO4/c1-22-16-9-14-11-20(12-15(14)10-17(16)23-2)18(19(21)24-3)13-7-5-4-6-8-13/h4-10,18H,11-12H2,1-3H3/t18-/m0/s1. The molecule has 0 spiro atoms. The van der Waals surface area contributed by atoms with Crippen LogP contribution in [-0.4, -0.2) is 32.2 Å². The van der Waals surface area contributed by atoms with Gasteiger partial charge in [-0.05, 0) is 28.8 Å². The Labute approximate surface area is 141 Å². The fourth-order valence-corrected chi connectivity index (χ4v) is 3.18. The van der Waals surface area contributed by atoms with E-state index in [1.165, 1.54) is 7.11 Å². The molecule has 2 aromatic rings. The first-order valence-corrected chi connectivity index (χ1v) is 7.78. The Morgan fingerprint density at radius 2 is 1.50 bits per heavy atom. The largest absolute Gasteiger partial charge is 0.493 e. The Balaban J connectivity index is 1.93. The molecule has 2 aromatic carbocycles. The van der Waals surface area contributed by atoms with Gasteiger partial charge in [-0.1, -0.05) is 30.3 Å². The lowest BCUT2D eigenvalue weighted by Gasteiger charge is -2.25. The van der Waals surface area contributed by atoms with Gasteiger partial charge < -0.3 is 14.2 Å². The number of esters is 1. The van der Waals surface area contributed by atoms with Crippen molar-refractivity contribution in [2.75, 3.05) is 21.3 Å². The van der Waals surface area contributed by atoms with E-state index < -0.39 is 6.04 Å². The first-order chi connectivity index (χ1) is 11.7. The lowest BCUT2D eigenvalue weighted by Crippen LogP contribution is -2.30. The van der Waals surface area contributed by atoms with Crippen molar-refractivity contribution >= 4 is 5.97 Å². The van der Waals surface area contributed by atoms with Crippen LogP contribution in [0.15, 0.2) is 42.5 Å². The number of methoxy groups -OCH3 is 3. The van der Waals surface area contributed by atoms with E-state index in [0.29, 0.717) is 24.6 Å². The molecule has 0 radical (unpaired) electrons. The maximum atomic E-state index is 12.4. The lowest BCUT2D eigenvalue weighted by atomic mass is 10.1. The molecule has 0 amide bonds.